The molecule has 1 aromatic rings. The molecule has 3 unspecified atom stereocenters. The Morgan fingerprint density at radius 1 is 1.05 bits per heavy atom. The van der Waals surface area contributed by atoms with E-state index >= 15 is 0 Å². The molecule has 3 rings (SSSR count). The molecule has 1 saturated carbocycles. The molecular weight excluding hydrogens is 305 g/mol. The van der Waals surface area contributed by atoms with Crippen LogP contribution in [0.3, 0.4) is 0 Å². The molecule has 1 aliphatic heterocycles. The van der Waals surface area contributed by atoms with Gasteiger partial charge in [0.05, 0.1) is 6.10 Å². The van der Waals surface area contributed by atoms with Crippen LogP contribution in [0.1, 0.15) is 44.1 Å². The molecule has 1 heterocycles. The second-order valence-electron chi connectivity index (χ2n) is 6.40. The number of likely N-dealkylation sites (tertiary alicyclic amines) is 1. The number of halogens is 2. The predicted octanol–water partition coefficient (Wildman–Crippen LogP) is 4.51. The molecule has 0 spiro atoms. The summed E-state index contributed by atoms with van der Waals surface area (Å²) in [7, 11) is 0. The lowest BCUT2D eigenvalue weighted by atomic mass is 9.80. The molecule has 116 valence electrons. The molecule has 1 saturated heterocycles. The Morgan fingerprint density at radius 2 is 1.76 bits per heavy atom. The van der Waals surface area contributed by atoms with Crippen LogP contribution in [0.4, 0.5) is 0 Å². The number of hydrogen-bond donors (Lipinski definition) is 1. The molecule has 1 aliphatic carbocycles. The number of rotatable bonds is 3. The summed E-state index contributed by atoms with van der Waals surface area (Å²) in [6.45, 7) is 1.88. The lowest BCUT2D eigenvalue weighted by molar-refractivity contribution is 0.0202. The van der Waals surface area contributed by atoms with E-state index in [1.165, 1.54) is 25.7 Å². The van der Waals surface area contributed by atoms with Crippen molar-refractivity contribution in [2.24, 2.45) is 5.92 Å². The van der Waals surface area contributed by atoms with Crippen LogP contribution in [-0.4, -0.2) is 28.7 Å². The van der Waals surface area contributed by atoms with E-state index < -0.39 is 0 Å². The number of nitrogens with zero attached hydrogens (tertiary/aromatic N) is 1. The smallest absolute Gasteiger partial charge is 0.0583 e. The Labute approximate surface area is 137 Å². The van der Waals surface area contributed by atoms with Crippen molar-refractivity contribution >= 4 is 23.2 Å². The van der Waals surface area contributed by atoms with Gasteiger partial charge >= 0.3 is 0 Å². The fraction of sp³-hybridized carbons (Fsp3) is 0.647. The summed E-state index contributed by atoms with van der Waals surface area (Å²) in [6, 6.07) is 6.18. The first-order valence-corrected chi connectivity index (χ1v) is 8.77. The van der Waals surface area contributed by atoms with Crippen LogP contribution in [0, 0.1) is 5.92 Å². The molecule has 0 radical (unpaired) electrons. The van der Waals surface area contributed by atoms with E-state index in [1.54, 1.807) is 0 Å². The quantitative estimate of drug-likeness (QED) is 0.882. The fourth-order valence-electron chi connectivity index (χ4n) is 4.01. The number of hydrogen-bond acceptors (Lipinski definition) is 2. The summed E-state index contributed by atoms with van der Waals surface area (Å²) in [5.41, 5.74) is 1.03. The van der Waals surface area contributed by atoms with Crippen LogP contribution in [0.15, 0.2) is 18.2 Å². The first kappa shape index (κ1) is 15.6. The van der Waals surface area contributed by atoms with Crippen molar-refractivity contribution < 1.29 is 5.11 Å². The van der Waals surface area contributed by atoms with Gasteiger partial charge in [-0.2, -0.15) is 0 Å². The van der Waals surface area contributed by atoms with Crippen molar-refractivity contribution in [3.05, 3.63) is 33.8 Å². The highest BCUT2D eigenvalue weighted by molar-refractivity contribution is 6.35. The molecule has 0 aromatic heterocycles. The van der Waals surface area contributed by atoms with Crippen LogP contribution in [-0.2, 0) is 6.54 Å². The van der Waals surface area contributed by atoms with E-state index in [0.29, 0.717) is 12.0 Å². The fourth-order valence-corrected chi connectivity index (χ4v) is 4.53. The molecule has 4 heteroatoms. The third kappa shape index (κ3) is 3.39. The minimum Gasteiger partial charge on any atom is -0.393 e. The lowest BCUT2D eigenvalue weighted by Gasteiger charge is -2.37. The molecule has 0 amide bonds. The van der Waals surface area contributed by atoms with Gasteiger partial charge in [-0.1, -0.05) is 42.1 Å². The number of benzene rings is 1. The van der Waals surface area contributed by atoms with Gasteiger partial charge in [0.15, 0.2) is 0 Å². The van der Waals surface area contributed by atoms with Gasteiger partial charge in [-0.15, -0.1) is 0 Å². The third-order valence-corrected chi connectivity index (χ3v) is 5.82. The van der Waals surface area contributed by atoms with E-state index in [4.69, 9.17) is 23.2 Å². The zero-order valence-corrected chi connectivity index (χ0v) is 13.8. The highest BCUT2D eigenvalue weighted by atomic mass is 35.5. The highest BCUT2D eigenvalue weighted by Crippen LogP contribution is 2.36. The zero-order valence-electron chi connectivity index (χ0n) is 12.3. The molecule has 2 fully saturated rings. The monoisotopic (exact) mass is 327 g/mol. The summed E-state index contributed by atoms with van der Waals surface area (Å²) in [6.07, 6.45) is 6.78. The predicted molar refractivity (Wildman–Crippen MR) is 87.9 cm³/mol. The summed E-state index contributed by atoms with van der Waals surface area (Å²) >= 11 is 12.6. The van der Waals surface area contributed by atoms with E-state index in [1.807, 2.05) is 18.2 Å². The SMILES string of the molecule is OC1CCCCC1C1CCCN1Cc1c(Cl)cccc1Cl. The van der Waals surface area contributed by atoms with Gasteiger partial charge in [-0.3, -0.25) is 4.90 Å². The number of aliphatic hydroxyl groups excluding tert-OH is 1. The Bertz CT molecular complexity index is 473. The Hall–Kier alpha value is -0.280. The van der Waals surface area contributed by atoms with Gasteiger partial charge in [0.1, 0.15) is 0 Å². The second kappa shape index (κ2) is 6.87. The Balaban J connectivity index is 1.75. The van der Waals surface area contributed by atoms with Crippen molar-refractivity contribution in [1.82, 2.24) is 4.90 Å². The van der Waals surface area contributed by atoms with Crippen molar-refractivity contribution in [3.63, 3.8) is 0 Å². The minimum absolute atomic E-state index is 0.133. The van der Waals surface area contributed by atoms with Gasteiger partial charge in [0.2, 0.25) is 0 Å². The first-order chi connectivity index (χ1) is 10.2. The maximum absolute atomic E-state index is 10.3. The van der Waals surface area contributed by atoms with E-state index in [0.717, 1.165) is 41.5 Å². The van der Waals surface area contributed by atoms with Gasteiger partial charge in [0, 0.05) is 34.1 Å². The third-order valence-electron chi connectivity index (χ3n) is 5.11. The summed E-state index contributed by atoms with van der Waals surface area (Å²) < 4.78 is 0. The average Bonchev–Trinajstić information content (AvgIpc) is 2.92. The average molecular weight is 328 g/mol. The largest absolute Gasteiger partial charge is 0.393 e. The molecular formula is C17H23Cl2NO. The topological polar surface area (TPSA) is 23.5 Å². The van der Waals surface area contributed by atoms with Crippen LogP contribution < -0.4 is 0 Å². The van der Waals surface area contributed by atoms with Gasteiger partial charge in [0.25, 0.3) is 0 Å². The van der Waals surface area contributed by atoms with Crippen LogP contribution in [0.2, 0.25) is 10.0 Å². The Morgan fingerprint density at radius 3 is 2.48 bits per heavy atom. The molecule has 1 aromatic carbocycles. The van der Waals surface area contributed by atoms with Gasteiger partial charge in [-0.25, -0.2) is 0 Å². The highest BCUT2D eigenvalue weighted by Gasteiger charge is 2.37. The molecule has 21 heavy (non-hydrogen) atoms. The zero-order chi connectivity index (χ0) is 14.8. The van der Waals surface area contributed by atoms with E-state index in [-0.39, 0.29) is 6.10 Å². The lowest BCUT2D eigenvalue weighted by Crippen LogP contribution is -2.42. The molecule has 2 nitrogen and oxygen atoms in total. The Kier molecular flexibility index (Phi) is 5.11. The van der Waals surface area contributed by atoms with Crippen LogP contribution in [0.5, 0.6) is 0 Å². The normalized spacial score (nSPS) is 30.7. The van der Waals surface area contributed by atoms with Gasteiger partial charge in [-0.05, 0) is 44.4 Å². The van der Waals surface area contributed by atoms with Crippen molar-refractivity contribution in [2.75, 3.05) is 6.54 Å². The molecule has 3 atom stereocenters. The summed E-state index contributed by atoms with van der Waals surface area (Å²) in [5.74, 6) is 0.419. The van der Waals surface area contributed by atoms with E-state index in [9.17, 15) is 5.11 Å². The summed E-state index contributed by atoms with van der Waals surface area (Å²) in [4.78, 5) is 2.48. The molecule has 1 N–H and O–H groups in total. The van der Waals surface area contributed by atoms with Crippen molar-refractivity contribution in [3.8, 4) is 0 Å². The minimum atomic E-state index is -0.133. The second-order valence-corrected chi connectivity index (χ2v) is 7.21. The maximum Gasteiger partial charge on any atom is 0.0583 e. The van der Waals surface area contributed by atoms with Crippen LogP contribution >= 0.6 is 23.2 Å². The standard InChI is InChI=1S/C17H23Cl2NO/c18-14-6-3-7-15(19)13(14)11-20-10-4-8-16(20)12-5-1-2-9-17(12)21/h3,6-7,12,16-17,21H,1-2,4-5,8-11H2. The molecule has 0 bridgehead atoms. The van der Waals surface area contributed by atoms with Crippen molar-refractivity contribution in [2.45, 2.75) is 57.2 Å². The first-order valence-electron chi connectivity index (χ1n) is 8.02. The molecule has 2 aliphatic rings. The van der Waals surface area contributed by atoms with E-state index in [2.05, 4.69) is 4.90 Å². The van der Waals surface area contributed by atoms with Crippen molar-refractivity contribution in [1.29, 1.82) is 0 Å². The summed E-state index contributed by atoms with van der Waals surface area (Å²) in [5, 5.41) is 11.8. The maximum atomic E-state index is 10.3. The number of aliphatic hydroxyl groups is 1. The van der Waals surface area contributed by atoms with Gasteiger partial charge < -0.3 is 5.11 Å². The van der Waals surface area contributed by atoms with Crippen LogP contribution in [0.25, 0.3) is 0 Å².